The number of nitrogens with two attached hydrogens (primary N) is 2. The zero-order valence-electron chi connectivity index (χ0n) is 12.2. The zero-order valence-corrected chi connectivity index (χ0v) is 13.8. The number of rotatable bonds is 5. The van der Waals surface area contributed by atoms with Crippen LogP contribution in [0.2, 0.25) is 0 Å². The van der Waals surface area contributed by atoms with Crippen molar-refractivity contribution in [2.75, 3.05) is 5.32 Å². The third kappa shape index (κ3) is 5.92. The zero-order chi connectivity index (χ0) is 15.5. The summed E-state index contributed by atoms with van der Waals surface area (Å²) < 4.78 is 22.0. The van der Waals surface area contributed by atoms with Crippen LogP contribution < -0.4 is 16.2 Å². The minimum Gasteiger partial charge on any atom is -0.327 e. The maximum Gasteiger partial charge on any atom is 0.224 e. The number of primary sulfonamides is 1. The molecule has 0 spiro atoms. The quantitative estimate of drug-likeness (QED) is 0.745. The van der Waals surface area contributed by atoms with Gasteiger partial charge >= 0.3 is 0 Å². The molecule has 0 saturated heterocycles. The highest BCUT2D eigenvalue weighted by atomic mass is 35.5. The third-order valence-corrected chi connectivity index (χ3v) is 4.51. The molecule has 0 heterocycles. The van der Waals surface area contributed by atoms with Gasteiger partial charge in [0, 0.05) is 18.2 Å². The van der Waals surface area contributed by atoms with Gasteiger partial charge in [-0.2, -0.15) is 0 Å². The van der Waals surface area contributed by atoms with Crippen molar-refractivity contribution in [2.24, 2.45) is 16.8 Å². The molecular formula is C14H22ClN3O3S. The van der Waals surface area contributed by atoms with Crippen LogP contribution in [-0.4, -0.2) is 20.4 Å². The van der Waals surface area contributed by atoms with Crippen LogP contribution in [0.15, 0.2) is 24.3 Å². The minimum atomic E-state index is -3.54. The molecule has 6 nitrogen and oxygen atoms in total. The summed E-state index contributed by atoms with van der Waals surface area (Å²) in [6, 6.07) is 6.75. The van der Waals surface area contributed by atoms with Crippen molar-refractivity contribution in [1.82, 2.24) is 0 Å². The predicted octanol–water partition coefficient (Wildman–Crippen LogP) is 1.35. The summed E-state index contributed by atoms with van der Waals surface area (Å²) in [5.74, 6) is -0.0128. The van der Waals surface area contributed by atoms with Crippen LogP contribution in [0.3, 0.4) is 0 Å². The molecular weight excluding hydrogens is 326 g/mol. The van der Waals surface area contributed by atoms with E-state index in [1.807, 2.05) is 0 Å². The van der Waals surface area contributed by atoms with Gasteiger partial charge in [-0.05, 0) is 36.5 Å². The van der Waals surface area contributed by atoms with E-state index < -0.39 is 10.0 Å². The van der Waals surface area contributed by atoms with E-state index in [9.17, 15) is 13.2 Å². The van der Waals surface area contributed by atoms with E-state index in [0.717, 1.165) is 19.3 Å². The number of hydrogen-bond acceptors (Lipinski definition) is 4. The minimum absolute atomic E-state index is 0. The lowest BCUT2D eigenvalue weighted by Crippen LogP contribution is -2.28. The number of sulfonamides is 1. The van der Waals surface area contributed by atoms with Crippen molar-refractivity contribution >= 4 is 34.0 Å². The molecule has 1 fully saturated rings. The first-order valence-corrected chi connectivity index (χ1v) is 8.70. The van der Waals surface area contributed by atoms with Crippen molar-refractivity contribution in [3.05, 3.63) is 29.8 Å². The van der Waals surface area contributed by atoms with Crippen molar-refractivity contribution in [3.63, 3.8) is 0 Å². The summed E-state index contributed by atoms with van der Waals surface area (Å²) >= 11 is 0. The van der Waals surface area contributed by atoms with E-state index in [4.69, 9.17) is 10.9 Å². The summed E-state index contributed by atoms with van der Waals surface area (Å²) in [6.45, 7) is 0. The van der Waals surface area contributed by atoms with Crippen LogP contribution >= 0.6 is 12.4 Å². The average molecular weight is 348 g/mol. The number of halogens is 1. The van der Waals surface area contributed by atoms with Crippen molar-refractivity contribution in [3.8, 4) is 0 Å². The first-order valence-electron chi connectivity index (χ1n) is 6.98. The Kier molecular flexibility index (Phi) is 6.80. The molecule has 1 aliphatic rings. The van der Waals surface area contributed by atoms with E-state index in [-0.39, 0.29) is 36.0 Å². The molecule has 2 atom stereocenters. The molecule has 1 aliphatic carbocycles. The number of benzene rings is 1. The first kappa shape index (κ1) is 18.9. The normalized spacial score (nSPS) is 21.2. The van der Waals surface area contributed by atoms with Crippen molar-refractivity contribution in [2.45, 2.75) is 37.5 Å². The Morgan fingerprint density at radius 3 is 2.36 bits per heavy atom. The fraction of sp³-hybridized carbons (Fsp3) is 0.500. The number of anilines is 1. The number of nitrogens with one attached hydrogen (secondary N) is 1. The number of amides is 1. The predicted molar refractivity (Wildman–Crippen MR) is 89.1 cm³/mol. The largest absolute Gasteiger partial charge is 0.327 e. The maximum absolute atomic E-state index is 11.9. The molecule has 1 saturated carbocycles. The molecule has 0 radical (unpaired) electrons. The number of hydrogen-bond donors (Lipinski definition) is 3. The van der Waals surface area contributed by atoms with Gasteiger partial charge in [0.05, 0.1) is 5.75 Å². The number of carbonyl (C=O) groups excluding carboxylic acids is 1. The van der Waals surface area contributed by atoms with Crippen LogP contribution in [0.25, 0.3) is 0 Å². The van der Waals surface area contributed by atoms with E-state index in [1.165, 1.54) is 0 Å². The SMILES string of the molecule is Cl.N[C@@H]1CCC[C@H]1CC(=O)Nc1ccc(CS(N)(=O)=O)cc1. The molecule has 0 aromatic heterocycles. The second kappa shape index (κ2) is 7.92. The Labute approximate surface area is 137 Å². The standard InChI is InChI=1S/C14H21N3O3S.ClH/c15-13-3-1-2-11(13)8-14(18)17-12-6-4-10(5-7-12)9-21(16,19)20;/h4-7,11,13H,1-3,8-9,15H2,(H,17,18)(H2,16,19,20);1H/t11-,13+;/m0./s1. The molecule has 0 aliphatic heterocycles. The lowest BCUT2D eigenvalue weighted by molar-refractivity contribution is -0.117. The van der Waals surface area contributed by atoms with Gasteiger partial charge in [-0.15, -0.1) is 12.4 Å². The lowest BCUT2D eigenvalue weighted by Gasteiger charge is -2.14. The molecule has 22 heavy (non-hydrogen) atoms. The second-order valence-electron chi connectivity index (χ2n) is 5.61. The van der Waals surface area contributed by atoms with Crippen LogP contribution in [0, 0.1) is 5.92 Å². The Bertz CT molecular complexity index is 604. The van der Waals surface area contributed by atoms with Gasteiger partial charge in [-0.1, -0.05) is 18.6 Å². The summed E-state index contributed by atoms with van der Waals surface area (Å²) in [4.78, 5) is 11.9. The highest BCUT2D eigenvalue weighted by molar-refractivity contribution is 7.88. The van der Waals surface area contributed by atoms with Gasteiger partial charge in [0.2, 0.25) is 15.9 Å². The topological polar surface area (TPSA) is 115 Å². The van der Waals surface area contributed by atoms with Gasteiger partial charge in [0.25, 0.3) is 0 Å². The van der Waals surface area contributed by atoms with Crippen molar-refractivity contribution < 1.29 is 13.2 Å². The van der Waals surface area contributed by atoms with Gasteiger partial charge in [-0.3, -0.25) is 4.79 Å². The second-order valence-corrected chi connectivity index (χ2v) is 7.23. The monoisotopic (exact) mass is 347 g/mol. The summed E-state index contributed by atoms with van der Waals surface area (Å²) in [7, 11) is -3.54. The molecule has 1 amide bonds. The summed E-state index contributed by atoms with van der Waals surface area (Å²) in [6.07, 6.45) is 3.50. The van der Waals surface area contributed by atoms with Gasteiger partial charge in [0.1, 0.15) is 0 Å². The molecule has 1 aromatic carbocycles. The Morgan fingerprint density at radius 2 is 1.86 bits per heavy atom. The van der Waals surface area contributed by atoms with Crippen LogP contribution in [-0.2, 0) is 20.6 Å². The molecule has 0 bridgehead atoms. The van der Waals surface area contributed by atoms with Gasteiger partial charge in [0.15, 0.2) is 0 Å². The molecule has 8 heteroatoms. The van der Waals surface area contributed by atoms with E-state index in [2.05, 4.69) is 5.32 Å². The maximum atomic E-state index is 11.9. The Hall–Kier alpha value is -1.15. The van der Waals surface area contributed by atoms with Gasteiger partial charge < -0.3 is 11.1 Å². The molecule has 2 rings (SSSR count). The summed E-state index contributed by atoms with van der Waals surface area (Å²) in [5, 5.41) is 7.79. The lowest BCUT2D eigenvalue weighted by atomic mass is 10.00. The smallest absolute Gasteiger partial charge is 0.224 e. The van der Waals surface area contributed by atoms with E-state index in [0.29, 0.717) is 17.7 Å². The molecule has 1 aromatic rings. The highest BCUT2D eigenvalue weighted by Crippen LogP contribution is 2.27. The van der Waals surface area contributed by atoms with Crippen molar-refractivity contribution in [1.29, 1.82) is 0 Å². The van der Waals surface area contributed by atoms with Gasteiger partial charge in [-0.25, -0.2) is 13.6 Å². The molecule has 5 N–H and O–H groups in total. The van der Waals surface area contributed by atoms with Crippen LogP contribution in [0.1, 0.15) is 31.2 Å². The summed E-state index contributed by atoms with van der Waals surface area (Å²) in [5.41, 5.74) is 7.18. The van der Waals surface area contributed by atoms with Crippen LogP contribution in [0.4, 0.5) is 5.69 Å². The van der Waals surface area contributed by atoms with E-state index in [1.54, 1.807) is 24.3 Å². The average Bonchev–Trinajstić information content (AvgIpc) is 2.76. The van der Waals surface area contributed by atoms with E-state index >= 15 is 0 Å². The number of carbonyl (C=O) groups is 1. The molecule has 124 valence electrons. The first-order chi connectivity index (χ1) is 9.83. The highest BCUT2D eigenvalue weighted by Gasteiger charge is 2.25. The Morgan fingerprint density at radius 1 is 1.23 bits per heavy atom. The fourth-order valence-corrected chi connectivity index (χ4v) is 3.34. The van der Waals surface area contributed by atoms with Crippen LogP contribution in [0.5, 0.6) is 0 Å². The Balaban J connectivity index is 0.00000242. The third-order valence-electron chi connectivity index (χ3n) is 3.77. The fourth-order valence-electron chi connectivity index (χ4n) is 2.69. The molecule has 0 unspecified atom stereocenters.